The molecule has 106 valence electrons. The Balaban J connectivity index is 1.49. The van der Waals surface area contributed by atoms with Crippen LogP contribution in [0.3, 0.4) is 0 Å². The van der Waals surface area contributed by atoms with Crippen LogP contribution in [0.2, 0.25) is 0 Å². The van der Waals surface area contributed by atoms with Crippen molar-refractivity contribution in [2.45, 2.75) is 45.2 Å². The molecule has 0 amide bonds. The number of hydrogen-bond acceptors (Lipinski definition) is 3. The molecule has 1 aromatic heterocycles. The van der Waals surface area contributed by atoms with E-state index in [9.17, 15) is 0 Å². The summed E-state index contributed by atoms with van der Waals surface area (Å²) in [5.41, 5.74) is 0.630. The fraction of sp³-hybridized carbons (Fsp3) is 0.800. The van der Waals surface area contributed by atoms with Gasteiger partial charge in [-0.2, -0.15) is 5.10 Å². The van der Waals surface area contributed by atoms with Gasteiger partial charge in [-0.1, -0.05) is 0 Å². The van der Waals surface area contributed by atoms with E-state index in [4.69, 9.17) is 0 Å². The van der Waals surface area contributed by atoms with E-state index in [-0.39, 0.29) is 0 Å². The summed E-state index contributed by atoms with van der Waals surface area (Å²) in [4.78, 5) is 2.70. The topological polar surface area (TPSA) is 33.1 Å². The van der Waals surface area contributed by atoms with Gasteiger partial charge in [0.25, 0.3) is 0 Å². The second kappa shape index (κ2) is 5.63. The van der Waals surface area contributed by atoms with Crippen LogP contribution in [0.25, 0.3) is 0 Å². The molecule has 0 radical (unpaired) electrons. The molecule has 2 fully saturated rings. The highest BCUT2D eigenvalue weighted by Crippen LogP contribution is 2.39. The standard InChI is InChI=1S/C15H26N4/c1-14(3-11-19-10-2-7-17-19)18-12-6-15(13-18)4-8-16-9-5-15/h2,7,10,14,16H,3-6,8-9,11-13H2,1H3/t14-/m0/s1. The van der Waals surface area contributed by atoms with E-state index in [1.165, 1.54) is 51.9 Å². The predicted octanol–water partition coefficient (Wildman–Crippen LogP) is 1.74. The first-order valence-corrected chi connectivity index (χ1v) is 7.70. The fourth-order valence-corrected chi connectivity index (χ4v) is 3.65. The third-order valence-corrected chi connectivity index (χ3v) is 5.09. The lowest BCUT2D eigenvalue weighted by Gasteiger charge is -2.35. The molecule has 4 nitrogen and oxygen atoms in total. The van der Waals surface area contributed by atoms with Gasteiger partial charge in [0, 0.05) is 31.5 Å². The Kier molecular flexibility index (Phi) is 3.89. The molecule has 3 rings (SSSR count). The molecule has 1 spiro atoms. The molecule has 2 aliphatic rings. The lowest BCUT2D eigenvalue weighted by atomic mass is 9.78. The Morgan fingerprint density at radius 3 is 2.89 bits per heavy atom. The molecule has 1 N–H and O–H groups in total. The molecule has 4 heteroatoms. The summed E-state index contributed by atoms with van der Waals surface area (Å²) >= 11 is 0. The summed E-state index contributed by atoms with van der Waals surface area (Å²) < 4.78 is 2.05. The number of likely N-dealkylation sites (tertiary alicyclic amines) is 1. The Bertz CT molecular complexity index is 381. The molecule has 19 heavy (non-hydrogen) atoms. The largest absolute Gasteiger partial charge is 0.317 e. The molecule has 3 heterocycles. The van der Waals surface area contributed by atoms with Crippen LogP contribution in [0, 0.1) is 5.41 Å². The zero-order valence-corrected chi connectivity index (χ0v) is 12.0. The Labute approximate surface area is 116 Å². The van der Waals surface area contributed by atoms with Crippen LogP contribution in [0.15, 0.2) is 18.5 Å². The summed E-state index contributed by atoms with van der Waals surface area (Å²) in [6.45, 7) is 8.46. The number of nitrogens with zero attached hydrogens (tertiary/aromatic N) is 3. The first-order chi connectivity index (χ1) is 9.27. The van der Waals surface area contributed by atoms with Gasteiger partial charge in [-0.25, -0.2) is 0 Å². The molecule has 0 aliphatic carbocycles. The normalized spacial score (nSPS) is 24.9. The summed E-state index contributed by atoms with van der Waals surface area (Å²) in [6.07, 6.45) is 9.27. The maximum Gasteiger partial charge on any atom is 0.0489 e. The van der Waals surface area contributed by atoms with E-state index < -0.39 is 0 Å². The summed E-state index contributed by atoms with van der Waals surface area (Å²) in [6, 6.07) is 2.68. The monoisotopic (exact) mass is 262 g/mol. The van der Waals surface area contributed by atoms with Crippen LogP contribution < -0.4 is 5.32 Å². The fourth-order valence-electron chi connectivity index (χ4n) is 3.65. The molecule has 2 aliphatic heterocycles. The van der Waals surface area contributed by atoms with Gasteiger partial charge in [-0.05, 0) is 63.7 Å². The quantitative estimate of drug-likeness (QED) is 0.897. The molecule has 0 bridgehead atoms. The van der Waals surface area contributed by atoms with Crippen LogP contribution in [-0.2, 0) is 6.54 Å². The SMILES string of the molecule is C[C@@H](CCn1cccn1)N1CCC2(CCNCC2)C1. The average molecular weight is 262 g/mol. The lowest BCUT2D eigenvalue weighted by molar-refractivity contribution is 0.168. The first-order valence-electron chi connectivity index (χ1n) is 7.70. The van der Waals surface area contributed by atoms with Gasteiger partial charge in [0.05, 0.1) is 0 Å². The molecule has 0 saturated carbocycles. The minimum atomic E-state index is 0.630. The maximum absolute atomic E-state index is 4.29. The van der Waals surface area contributed by atoms with Crippen LogP contribution in [0.5, 0.6) is 0 Å². The van der Waals surface area contributed by atoms with Crippen molar-refractivity contribution in [3.05, 3.63) is 18.5 Å². The van der Waals surface area contributed by atoms with Crippen molar-refractivity contribution in [2.24, 2.45) is 5.41 Å². The highest BCUT2D eigenvalue weighted by Gasteiger charge is 2.39. The van der Waals surface area contributed by atoms with Crippen molar-refractivity contribution in [1.29, 1.82) is 0 Å². The van der Waals surface area contributed by atoms with E-state index in [1.54, 1.807) is 0 Å². The summed E-state index contributed by atoms with van der Waals surface area (Å²) in [5.74, 6) is 0. The minimum Gasteiger partial charge on any atom is -0.317 e. The van der Waals surface area contributed by atoms with Crippen LogP contribution in [-0.4, -0.2) is 46.9 Å². The number of piperidine rings is 1. The van der Waals surface area contributed by atoms with E-state index >= 15 is 0 Å². The van der Waals surface area contributed by atoms with E-state index in [0.29, 0.717) is 11.5 Å². The number of nitrogens with one attached hydrogen (secondary N) is 1. The highest BCUT2D eigenvalue weighted by molar-refractivity contribution is 4.94. The van der Waals surface area contributed by atoms with Gasteiger partial charge in [-0.3, -0.25) is 4.68 Å². The van der Waals surface area contributed by atoms with Crippen molar-refractivity contribution < 1.29 is 0 Å². The summed E-state index contributed by atoms with van der Waals surface area (Å²) in [7, 11) is 0. The minimum absolute atomic E-state index is 0.630. The van der Waals surface area contributed by atoms with Crippen molar-refractivity contribution in [3.8, 4) is 0 Å². The maximum atomic E-state index is 4.29. The van der Waals surface area contributed by atoms with Gasteiger partial charge in [0.15, 0.2) is 0 Å². The second-order valence-electron chi connectivity index (χ2n) is 6.38. The van der Waals surface area contributed by atoms with Crippen LogP contribution in [0.1, 0.15) is 32.6 Å². The molecule has 1 atom stereocenters. The number of aryl methyl sites for hydroxylation is 1. The van der Waals surface area contributed by atoms with Gasteiger partial charge in [-0.15, -0.1) is 0 Å². The highest BCUT2D eigenvalue weighted by atomic mass is 15.3. The number of aromatic nitrogens is 2. The van der Waals surface area contributed by atoms with Crippen LogP contribution >= 0.6 is 0 Å². The number of hydrogen-bond donors (Lipinski definition) is 1. The second-order valence-corrected chi connectivity index (χ2v) is 6.38. The first kappa shape index (κ1) is 13.1. The molecule has 0 aromatic carbocycles. The predicted molar refractivity (Wildman–Crippen MR) is 77.0 cm³/mol. The van der Waals surface area contributed by atoms with Gasteiger partial charge in [0.2, 0.25) is 0 Å². The van der Waals surface area contributed by atoms with Crippen molar-refractivity contribution in [2.75, 3.05) is 26.2 Å². The summed E-state index contributed by atoms with van der Waals surface area (Å²) in [5, 5.41) is 7.78. The van der Waals surface area contributed by atoms with Crippen molar-refractivity contribution in [3.63, 3.8) is 0 Å². The Hall–Kier alpha value is -0.870. The smallest absolute Gasteiger partial charge is 0.0489 e. The van der Waals surface area contributed by atoms with Crippen molar-refractivity contribution >= 4 is 0 Å². The van der Waals surface area contributed by atoms with E-state index in [0.717, 1.165) is 6.54 Å². The van der Waals surface area contributed by atoms with E-state index in [1.807, 2.05) is 16.9 Å². The van der Waals surface area contributed by atoms with E-state index in [2.05, 4.69) is 28.4 Å². The zero-order chi connectivity index (χ0) is 13.1. The average Bonchev–Trinajstić information content (AvgIpc) is 3.07. The molecular weight excluding hydrogens is 236 g/mol. The number of rotatable bonds is 4. The Morgan fingerprint density at radius 1 is 1.32 bits per heavy atom. The Morgan fingerprint density at radius 2 is 2.16 bits per heavy atom. The van der Waals surface area contributed by atoms with Gasteiger partial charge < -0.3 is 10.2 Å². The third kappa shape index (κ3) is 3.00. The molecule has 2 saturated heterocycles. The molecular formula is C15H26N4. The lowest BCUT2D eigenvalue weighted by Crippen LogP contribution is -2.40. The van der Waals surface area contributed by atoms with Crippen molar-refractivity contribution in [1.82, 2.24) is 20.0 Å². The third-order valence-electron chi connectivity index (χ3n) is 5.09. The molecule has 0 unspecified atom stereocenters. The van der Waals surface area contributed by atoms with Gasteiger partial charge in [0.1, 0.15) is 0 Å². The van der Waals surface area contributed by atoms with Crippen LogP contribution in [0.4, 0.5) is 0 Å². The van der Waals surface area contributed by atoms with Gasteiger partial charge >= 0.3 is 0 Å². The molecule has 1 aromatic rings. The zero-order valence-electron chi connectivity index (χ0n) is 12.0.